The number of hydrogen-bond donors (Lipinski definition) is 1. The number of rotatable bonds is 3. The topological polar surface area (TPSA) is 38.5 Å². The summed E-state index contributed by atoms with van der Waals surface area (Å²) in [5.41, 5.74) is 6.34. The molecule has 2 saturated heterocycles. The van der Waals surface area contributed by atoms with Crippen molar-refractivity contribution in [2.45, 2.75) is 70.1 Å². The minimum absolute atomic E-state index is 0.0154. The summed E-state index contributed by atoms with van der Waals surface area (Å²) >= 11 is 0. The molecule has 2 aliphatic rings. The Kier molecular flexibility index (Phi) is 3.81. The van der Waals surface area contributed by atoms with Crippen LogP contribution in [0, 0.1) is 0 Å². The summed E-state index contributed by atoms with van der Waals surface area (Å²) in [5.74, 6) is 0. The molecule has 0 bridgehead atoms. The van der Waals surface area contributed by atoms with Crippen LogP contribution in [0.4, 0.5) is 0 Å². The van der Waals surface area contributed by atoms with Gasteiger partial charge in [0.2, 0.25) is 0 Å². The fourth-order valence-corrected chi connectivity index (χ4v) is 3.87. The van der Waals surface area contributed by atoms with Crippen LogP contribution in [0.5, 0.6) is 0 Å². The fraction of sp³-hybridized carbons (Fsp3) is 1.00. The van der Waals surface area contributed by atoms with E-state index in [0.29, 0.717) is 0 Å². The maximum absolute atomic E-state index is 6.16. The van der Waals surface area contributed by atoms with Gasteiger partial charge in [0.1, 0.15) is 0 Å². The standard InChI is InChI=1S/C14H28N2O/c1-4-12-6-5-8-16(12)14(11-15)7-9-17-13(2,3)10-14/h12H,4-11,15H2,1-3H3. The summed E-state index contributed by atoms with van der Waals surface area (Å²) in [5, 5.41) is 0. The summed E-state index contributed by atoms with van der Waals surface area (Å²) in [6, 6.07) is 0.743. The summed E-state index contributed by atoms with van der Waals surface area (Å²) in [7, 11) is 0. The van der Waals surface area contributed by atoms with E-state index in [1.165, 1.54) is 25.8 Å². The van der Waals surface area contributed by atoms with Crippen molar-refractivity contribution in [3.63, 3.8) is 0 Å². The van der Waals surface area contributed by atoms with Gasteiger partial charge in [0, 0.05) is 24.7 Å². The molecule has 0 aromatic rings. The van der Waals surface area contributed by atoms with E-state index in [1.807, 2.05) is 0 Å². The number of ether oxygens (including phenoxy) is 1. The zero-order chi connectivity index (χ0) is 12.5. The Hall–Kier alpha value is -0.120. The Morgan fingerprint density at radius 3 is 2.76 bits per heavy atom. The maximum Gasteiger partial charge on any atom is 0.0644 e. The Morgan fingerprint density at radius 2 is 2.18 bits per heavy atom. The number of hydrogen-bond acceptors (Lipinski definition) is 3. The smallest absolute Gasteiger partial charge is 0.0644 e. The van der Waals surface area contributed by atoms with E-state index in [4.69, 9.17) is 10.5 Å². The fourth-order valence-electron chi connectivity index (χ4n) is 3.87. The lowest BCUT2D eigenvalue weighted by molar-refractivity contribution is -0.121. The Labute approximate surface area is 106 Å². The van der Waals surface area contributed by atoms with Gasteiger partial charge >= 0.3 is 0 Å². The van der Waals surface area contributed by atoms with Gasteiger partial charge in [-0.2, -0.15) is 0 Å². The van der Waals surface area contributed by atoms with Gasteiger partial charge in [0.25, 0.3) is 0 Å². The molecule has 2 aliphatic heterocycles. The Morgan fingerprint density at radius 1 is 1.41 bits per heavy atom. The third-order valence-corrected chi connectivity index (χ3v) is 4.65. The second kappa shape index (κ2) is 4.87. The molecular formula is C14H28N2O. The lowest BCUT2D eigenvalue weighted by Gasteiger charge is -2.51. The molecule has 0 spiro atoms. The summed E-state index contributed by atoms with van der Waals surface area (Å²) in [6.07, 6.45) is 6.11. The lowest BCUT2D eigenvalue weighted by Crippen LogP contribution is -2.61. The first-order valence-electron chi connectivity index (χ1n) is 7.14. The molecule has 2 N–H and O–H groups in total. The average Bonchev–Trinajstić information content (AvgIpc) is 2.76. The van der Waals surface area contributed by atoms with Crippen molar-refractivity contribution in [1.29, 1.82) is 0 Å². The molecule has 0 aromatic heterocycles. The highest BCUT2D eigenvalue weighted by Crippen LogP contribution is 2.40. The molecule has 3 nitrogen and oxygen atoms in total. The van der Waals surface area contributed by atoms with Gasteiger partial charge in [-0.25, -0.2) is 0 Å². The van der Waals surface area contributed by atoms with E-state index in [-0.39, 0.29) is 11.1 Å². The summed E-state index contributed by atoms with van der Waals surface area (Å²) in [4.78, 5) is 2.71. The van der Waals surface area contributed by atoms with Crippen LogP contribution in [0.25, 0.3) is 0 Å². The van der Waals surface area contributed by atoms with E-state index in [9.17, 15) is 0 Å². The van der Waals surface area contributed by atoms with Crippen LogP contribution in [0.15, 0.2) is 0 Å². The number of likely N-dealkylation sites (tertiary alicyclic amines) is 1. The van der Waals surface area contributed by atoms with Crippen molar-refractivity contribution in [2.75, 3.05) is 19.7 Å². The van der Waals surface area contributed by atoms with E-state index in [1.54, 1.807) is 0 Å². The van der Waals surface area contributed by atoms with Gasteiger partial charge < -0.3 is 10.5 Å². The SMILES string of the molecule is CCC1CCCN1C1(CN)CCOC(C)(C)C1. The predicted molar refractivity (Wildman–Crippen MR) is 71.1 cm³/mol. The molecule has 0 radical (unpaired) electrons. The molecule has 2 fully saturated rings. The summed E-state index contributed by atoms with van der Waals surface area (Å²) < 4.78 is 5.87. The van der Waals surface area contributed by atoms with Crippen molar-refractivity contribution in [3.8, 4) is 0 Å². The number of nitrogens with zero attached hydrogens (tertiary/aromatic N) is 1. The molecule has 2 heterocycles. The Bertz CT molecular complexity index is 267. The van der Waals surface area contributed by atoms with Crippen molar-refractivity contribution in [2.24, 2.45) is 5.73 Å². The third-order valence-electron chi connectivity index (χ3n) is 4.65. The normalized spacial score (nSPS) is 38.5. The molecule has 2 rings (SSSR count). The average molecular weight is 240 g/mol. The predicted octanol–water partition coefficient (Wildman–Crippen LogP) is 2.15. The first-order valence-corrected chi connectivity index (χ1v) is 7.14. The molecule has 100 valence electrons. The zero-order valence-electron chi connectivity index (χ0n) is 11.7. The molecule has 0 saturated carbocycles. The minimum atomic E-state index is -0.0154. The monoisotopic (exact) mass is 240 g/mol. The van der Waals surface area contributed by atoms with Crippen LogP contribution < -0.4 is 5.73 Å². The van der Waals surface area contributed by atoms with Gasteiger partial charge in [-0.3, -0.25) is 4.90 Å². The molecular weight excluding hydrogens is 212 g/mol. The highest BCUT2D eigenvalue weighted by atomic mass is 16.5. The largest absolute Gasteiger partial charge is 0.375 e. The van der Waals surface area contributed by atoms with Crippen LogP contribution in [-0.2, 0) is 4.74 Å². The zero-order valence-corrected chi connectivity index (χ0v) is 11.7. The first kappa shape index (κ1) is 13.3. The van der Waals surface area contributed by atoms with Crippen LogP contribution >= 0.6 is 0 Å². The second-order valence-electron chi connectivity index (χ2n) is 6.36. The third kappa shape index (κ3) is 2.51. The van der Waals surface area contributed by atoms with Gasteiger partial charge in [0.15, 0.2) is 0 Å². The molecule has 0 aliphatic carbocycles. The van der Waals surface area contributed by atoms with E-state index < -0.39 is 0 Å². The lowest BCUT2D eigenvalue weighted by atomic mass is 9.79. The maximum atomic E-state index is 6.16. The molecule has 0 aromatic carbocycles. The van der Waals surface area contributed by atoms with Crippen molar-refractivity contribution in [1.82, 2.24) is 4.90 Å². The van der Waals surface area contributed by atoms with E-state index >= 15 is 0 Å². The van der Waals surface area contributed by atoms with Crippen LogP contribution in [0.1, 0.15) is 52.9 Å². The highest BCUT2D eigenvalue weighted by molar-refractivity contribution is 5.02. The van der Waals surface area contributed by atoms with E-state index in [2.05, 4.69) is 25.7 Å². The van der Waals surface area contributed by atoms with E-state index in [0.717, 1.165) is 32.0 Å². The molecule has 3 heteroatoms. The number of nitrogens with two attached hydrogens (primary N) is 1. The van der Waals surface area contributed by atoms with Gasteiger partial charge in [-0.05, 0) is 52.5 Å². The summed E-state index contributed by atoms with van der Waals surface area (Å²) in [6.45, 7) is 9.57. The van der Waals surface area contributed by atoms with Crippen LogP contribution in [0.2, 0.25) is 0 Å². The molecule has 0 amide bonds. The van der Waals surface area contributed by atoms with Gasteiger partial charge in [-0.1, -0.05) is 6.92 Å². The van der Waals surface area contributed by atoms with Crippen LogP contribution in [-0.4, -0.2) is 41.8 Å². The Balaban J connectivity index is 2.18. The van der Waals surface area contributed by atoms with Crippen molar-refractivity contribution < 1.29 is 4.74 Å². The quantitative estimate of drug-likeness (QED) is 0.821. The van der Waals surface area contributed by atoms with Gasteiger partial charge in [-0.15, -0.1) is 0 Å². The highest BCUT2D eigenvalue weighted by Gasteiger charge is 2.47. The van der Waals surface area contributed by atoms with Crippen LogP contribution in [0.3, 0.4) is 0 Å². The first-order chi connectivity index (χ1) is 8.03. The minimum Gasteiger partial charge on any atom is -0.375 e. The van der Waals surface area contributed by atoms with Gasteiger partial charge in [0.05, 0.1) is 5.60 Å². The van der Waals surface area contributed by atoms with Crippen molar-refractivity contribution >= 4 is 0 Å². The molecule has 2 unspecified atom stereocenters. The second-order valence-corrected chi connectivity index (χ2v) is 6.36. The van der Waals surface area contributed by atoms with Crippen molar-refractivity contribution in [3.05, 3.63) is 0 Å². The molecule has 17 heavy (non-hydrogen) atoms. The molecule has 2 atom stereocenters.